The lowest BCUT2D eigenvalue weighted by Crippen LogP contribution is -2.29. The van der Waals surface area contributed by atoms with Crippen molar-refractivity contribution in [1.29, 1.82) is 0 Å². The van der Waals surface area contributed by atoms with Gasteiger partial charge in [0.25, 0.3) is 0 Å². The minimum absolute atomic E-state index is 0.0602. The molecule has 6 nitrogen and oxygen atoms in total. The topological polar surface area (TPSA) is 96.4 Å². The summed E-state index contributed by atoms with van der Waals surface area (Å²) in [6.45, 7) is 4.02. The summed E-state index contributed by atoms with van der Waals surface area (Å²) in [5, 5.41) is 8.60. The Morgan fingerprint density at radius 3 is 2.67 bits per heavy atom. The zero-order valence-corrected chi connectivity index (χ0v) is 13.5. The number of halogens is 1. The summed E-state index contributed by atoms with van der Waals surface area (Å²) in [6.07, 6.45) is 2.49. The van der Waals surface area contributed by atoms with Gasteiger partial charge in [-0.05, 0) is 30.4 Å². The van der Waals surface area contributed by atoms with Crippen LogP contribution in [0.15, 0.2) is 23.2 Å². The number of sulfonamides is 1. The number of nitrogens with one attached hydrogen (secondary N) is 1. The first-order chi connectivity index (χ1) is 9.64. The molecule has 21 heavy (non-hydrogen) atoms. The Labute approximate surface area is 129 Å². The third-order valence-electron chi connectivity index (χ3n) is 3.12. The molecule has 8 heteroatoms. The minimum atomic E-state index is -3.71. The highest BCUT2D eigenvalue weighted by Gasteiger charge is 2.22. The first-order valence-corrected chi connectivity index (χ1v) is 8.32. The molecular formula is C13H19ClN2O4S. The summed E-state index contributed by atoms with van der Waals surface area (Å²) >= 11 is 5.77. The van der Waals surface area contributed by atoms with Crippen LogP contribution in [0.3, 0.4) is 0 Å². The number of carbonyl (C=O) groups is 1. The second-order valence-corrected chi connectivity index (χ2v) is 7.59. The lowest BCUT2D eigenvalue weighted by molar-refractivity contribution is -0.137. The maximum atomic E-state index is 12.1. The average Bonchev–Trinajstić information content (AvgIpc) is 2.36. The van der Waals surface area contributed by atoms with Crippen LogP contribution in [-0.4, -0.2) is 31.0 Å². The maximum absolute atomic E-state index is 12.1. The standard InChI is InChI=1S/C13H19ClN2O4S/c1-13(2,6-5-11(17)18)7-9-16-21(19,20)10-4-3-8-15-12(10)14/h3-4,8,16H,5-7,9H2,1-2H3,(H,17,18). The smallest absolute Gasteiger partial charge is 0.303 e. The average molecular weight is 335 g/mol. The fraction of sp³-hybridized carbons (Fsp3) is 0.538. The predicted molar refractivity (Wildman–Crippen MR) is 79.7 cm³/mol. The molecule has 0 aliphatic carbocycles. The van der Waals surface area contributed by atoms with Crippen molar-refractivity contribution in [2.75, 3.05) is 6.54 Å². The third kappa shape index (κ3) is 5.99. The van der Waals surface area contributed by atoms with E-state index in [0.29, 0.717) is 12.8 Å². The molecule has 0 atom stereocenters. The van der Waals surface area contributed by atoms with Crippen molar-refractivity contribution in [2.24, 2.45) is 5.41 Å². The zero-order chi connectivity index (χ0) is 16.1. The van der Waals surface area contributed by atoms with Crippen LogP contribution >= 0.6 is 11.6 Å². The molecule has 0 unspecified atom stereocenters. The van der Waals surface area contributed by atoms with Gasteiger partial charge in [0, 0.05) is 19.2 Å². The molecule has 118 valence electrons. The molecule has 1 aromatic rings. The second kappa shape index (κ2) is 7.20. The lowest BCUT2D eigenvalue weighted by Gasteiger charge is -2.23. The predicted octanol–water partition coefficient (Wildman–Crippen LogP) is 2.29. The van der Waals surface area contributed by atoms with Crippen molar-refractivity contribution in [3.63, 3.8) is 0 Å². The Morgan fingerprint density at radius 1 is 1.43 bits per heavy atom. The summed E-state index contributed by atoms with van der Waals surface area (Å²) in [4.78, 5) is 14.2. The van der Waals surface area contributed by atoms with Gasteiger partial charge in [0.2, 0.25) is 10.0 Å². The Bertz CT molecular complexity index is 602. The summed E-state index contributed by atoms with van der Waals surface area (Å²) in [7, 11) is -3.71. The Kier molecular flexibility index (Phi) is 6.12. The normalized spacial score (nSPS) is 12.3. The zero-order valence-electron chi connectivity index (χ0n) is 12.0. The van der Waals surface area contributed by atoms with E-state index in [9.17, 15) is 13.2 Å². The Balaban J connectivity index is 2.59. The van der Waals surface area contributed by atoms with Crippen LogP contribution < -0.4 is 4.72 Å². The molecule has 0 bridgehead atoms. The molecule has 0 aliphatic rings. The number of nitrogens with zero attached hydrogens (tertiary/aromatic N) is 1. The van der Waals surface area contributed by atoms with Crippen molar-refractivity contribution in [3.8, 4) is 0 Å². The molecule has 1 heterocycles. The van der Waals surface area contributed by atoms with Crippen LogP contribution in [0.25, 0.3) is 0 Å². The highest BCUT2D eigenvalue weighted by molar-refractivity contribution is 7.89. The van der Waals surface area contributed by atoms with E-state index in [4.69, 9.17) is 16.7 Å². The number of aromatic nitrogens is 1. The number of pyridine rings is 1. The fourth-order valence-electron chi connectivity index (χ4n) is 1.74. The molecule has 0 saturated heterocycles. The first-order valence-electron chi connectivity index (χ1n) is 6.46. The van der Waals surface area contributed by atoms with E-state index in [1.807, 2.05) is 13.8 Å². The van der Waals surface area contributed by atoms with Gasteiger partial charge in [-0.1, -0.05) is 25.4 Å². The van der Waals surface area contributed by atoms with Gasteiger partial charge in [-0.25, -0.2) is 18.1 Å². The van der Waals surface area contributed by atoms with Crippen molar-refractivity contribution in [3.05, 3.63) is 23.5 Å². The van der Waals surface area contributed by atoms with Crippen molar-refractivity contribution < 1.29 is 18.3 Å². The number of hydrogen-bond acceptors (Lipinski definition) is 4. The van der Waals surface area contributed by atoms with Crippen LogP contribution in [0, 0.1) is 5.41 Å². The number of aliphatic carboxylic acids is 1. The number of carboxylic acids is 1. The monoisotopic (exact) mass is 334 g/mol. The molecule has 0 spiro atoms. The van der Waals surface area contributed by atoms with Gasteiger partial charge in [-0.3, -0.25) is 4.79 Å². The van der Waals surface area contributed by atoms with Gasteiger partial charge in [0.05, 0.1) is 0 Å². The summed E-state index contributed by atoms with van der Waals surface area (Å²) in [6, 6.07) is 2.88. The van der Waals surface area contributed by atoms with Gasteiger partial charge < -0.3 is 5.11 Å². The van der Waals surface area contributed by atoms with Gasteiger partial charge in [-0.15, -0.1) is 0 Å². The summed E-state index contributed by atoms with van der Waals surface area (Å²) < 4.78 is 26.6. The van der Waals surface area contributed by atoms with E-state index in [1.54, 1.807) is 0 Å². The first kappa shape index (κ1) is 17.9. The van der Waals surface area contributed by atoms with E-state index in [2.05, 4.69) is 9.71 Å². The number of rotatable bonds is 8. The molecule has 0 aliphatic heterocycles. The quantitative estimate of drug-likeness (QED) is 0.711. The van der Waals surface area contributed by atoms with Crippen molar-refractivity contribution >= 4 is 27.6 Å². The highest BCUT2D eigenvalue weighted by Crippen LogP contribution is 2.26. The fourth-order valence-corrected chi connectivity index (χ4v) is 3.23. The maximum Gasteiger partial charge on any atom is 0.303 e. The Hall–Kier alpha value is -1.18. The molecule has 0 fully saturated rings. The SMILES string of the molecule is CC(C)(CCNS(=O)(=O)c1cccnc1Cl)CCC(=O)O. The second-order valence-electron chi connectivity index (χ2n) is 5.50. The highest BCUT2D eigenvalue weighted by atomic mass is 35.5. The third-order valence-corrected chi connectivity index (χ3v) is 5.03. The van der Waals surface area contributed by atoms with Crippen molar-refractivity contribution in [1.82, 2.24) is 9.71 Å². The summed E-state index contributed by atoms with van der Waals surface area (Å²) in [5.74, 6) is -0.856. The van der Waals surface area contributed by atoms with Gasteiger partial charge >= 0.3 is 5.97 Å². The molecule has 0 aromatic carbocycles. The molecule has 0 radical (unpaired) electrons. The number of hydrogen-bond donors (Lipinski definition) is 2. The molecule has 2 N–H and O–H groups in total. The molecular weight excluding hydrogens is 316 g/mol. The van der Waals surface area contributed by atoms with E-state index < -0.39 is 16.0 Å². The molecule has 1 aromatic heterocycles. The van der Waals surface area contributed by atoms with E-state index >= 15 is 0 Å². The van der Waals surface area contributed by atoms with Crippen LogP contribution in [0.4, 0.5) is 0 Å². The van der Waals surface area contributed by atoms with Crippen LogP contribution in [0.5, 0.6) is 0 Å². The summed E-state index contributed by atoms with van der Waals surface area (Å²) in [5.41, 5.74) is -0.264. The van der Waals surface area contributed by atoms with Gasteiger partial charge in [0.15, 0.2) is 0 Å². The van der Waals surface area contributed by atoms with Crippen molar-refractivity contribution in [2.45, 2.75) is 38.0 Å². The molecule has 1 rings (SSSR count). The Morgan fingerprint density at radius 2 is 2.10 bits per heavy atom. The largest absolute Gasteiger partial charge is 0.481 e. The lowest BCUT2D eigenvalue weighted by atomic mass is 9.84. The number of carboxylic acid groups (broad SMARTS) is 1. The van der Waals surface area contributed by atoms with E-state index in [0.717, 1.165) is 0 Å². The van der Waals surface area contributed by atoms with Crippen LogP contribution in [0.2, 0.25) is 5.15 Å². The molecule has 0 amide bonds. The van der Waals surface area contributed by atoms with E-state index in [1.165, 1.54) is 18.3 Å². The van der Waals surface area contributed by atoms with Crippen LogP contribution in [0.1, 0.15) is 33.1 Å². The van der Waals surface area contributed by atoms with E-state index in [-0.39, 0.29) is 28.4 Å². The minimum Gasteiger partial charge on any atom is -0.481 e. The van der Waals surface area contributed by atoms with Crippen LogP contribution in [-0.2, 0) is 14.8 Å². The van der Waals surface area contributed by atoms with Gasteiger partial charge in [0.1, 0.15) is 10.0 Å². The molecule has 0 saturated carbocycles. The van der Waals surface area contributed by atoms with Gasteiger partial charge in [-0.2, -0.15) is 0 Å².